The molecule has 18 heavy (non-hydrogen) atoms. The summed E-state index contributed by atoms with van der Waals surface area (Å²) in [5.74, 6) is 1.33. The molecule has 0 radical (unpaired) electrons. The number of aromatic nitrogens is 3. The van der Waals surface area contributed by atoms with Gasteiger partial charge in [0.2, 0.25) is 16.5 Å². The lowest BCUT2D eigenvalue weighted by molar-refractivity contribution is 0.198. The molecule has 2 heterocycles. The van der Waals surface area contributed by atoms with Crippen LogP contribution in [0.5, 0.6) is 0 Å². The molecule has 0 atom stereocenters. The largest absolute Gasteiger partial charge is 0.341 e. The maximum absolute atomic E-state index is 5.80. The van der Waals surface area contributed by atoms with Gasteiger partial charge in [-0.15, -0.1) is 0 Å². The second kappa shape index (κ2) is 5.17. The Hall–Kier alpha value is -0.610. The smallest absolute Gasteiger partial charge is 0.230 e. The van der Waals surface area contributed by atoms with E-state index in [1.807, 2.05) is 0 Å². The zero-order valence-corrected chi connectivity index (χ0v) is 12.5. The molecule has 1 fully saturated rings. The topological polar surface area (TPSA) is 41.9 Å². The Kier molecular flexibility index (Phi) is 3.97. The highest BCUT2D eigenvalue weighted by atomic mass is 35.5. The molecule has 0 aromatic carbocycles. The van der Waals surface area contributed by atoms with Crippen LogP contribution in [0, 0.1) is 11.3 Å². The molecule has 0 bridgehead atoms. The number of hydrogen-bond donors (Lipinski definition) is 0. The van der Waals surface area contributed by atoms with Gasteiger partial charge in [0.1, 0.15) is 0 Å². The van der Waals surface area contributed by atoms with Crippen molar-refractivity contribution < 1.29 is 0 Å². The molecule has 6 heteroatoms. The zero-order valence-electron chi connectivity index (χ0n) is 11.0. The Bertz CT molecular complexity index is 402. The Morgan fingerprint density at radius 1 is 1.00 bits per heavy atom. The number of rotatable bonds is 1. The summed E-state index contributed by atoms with van der Waals surface area (Å²) in [6.07, 6.45) is 2.29. The maximum atomic E-state index is 5.80. The predicted octanol–water partition coefficient (Wildman–Crippen LogP) is 3.44. The van der Waals surface area contributed by atoms with Crippen molar-refractivity contribution in [3.05, 3.63) is 10.6 Å². The molecule has 0 N–H and O–H groups in total. The number of nitrogens with zero attached hydrogens (tertiary/aromatic N) is 4. The van der Waals surface area contributed by atoms with Crippen molar-refractivity contribution in [1.29, 1.82) is 0 Å². The van der Waals surface area contributed by atoms with Gasteiger partial charge in [-0.2, -0.15) is 15.0 Å². The fourth-order valence-electron chi connectivity index (χ4n) is 2.40. The Morgan fingerprint density at radius 2 is 1.50 bits per heavy atom. The fourth-order valence-corrected chi connectivity index (χ4v) is 2.76. The van der Waals surface area contributed by atoms with Crippen LogP contribution in [0.15, 0.2) is 0 Å². The zero-order chi connectivity index (χ0) is 13.3. The summed E-state index contributed by atoms with van der Waals surface area (Å²) in [4.78, 5) is 14.2. The monoisotopic (exact) mass is 288 g/mol. The van der Waals surface area contributed by atoms with Crippen LogP contribution < -0.4 is 4.90 Å². The molecule has 1 saturated heterocycles. The minimum Gasteiger partial charge on any atom is -0.341 e. The van der Waals surface area contributed by atoms with Crippen LogP contribution in [-0.4, -0.2) is 28.0 Å². The first-order chi connectivity index (χ1) is 8.36. The van der Waals surface area contributed by atoms with Gasteiger partial charge in [-0.25, -0.2) is 0 Å². The molecule has 1 aliphatic rings. The third-order valence-electron chi connectivity index (χ3n) is 3.57. The van der Waals surface area contributed by atoms with Gasteiger partial charge in [0.25, 0.3) is 0 Å². The van der Waals surface area contributed by atoms with E-state index in [4.69, 9.17) is 23.2 Å². The molecule has 1 aliphatic heterocycles. The van der Waals surface area contributed by atoms with Crippen molar-refractivity contribution in [2.75, 3.05) is 18.0 Å². The summed E-state index contributed by atoms with van der Waals surface area (Å²) in [5, 5.41) is 0.311. The first-order valence-electron chi connectivity index (χ1n) is 6.18. The summed E-state index contributed by atoms with van der Waals surface area (Å²) in [6.45, 7) is 8.77. The van der Waals surface area contributed by atoms with Gasteiger partial charge in [0, 0.05) is 13.1 Å². The lowest BCUT2D eigenvalue weighted by atomic mass is 9.75. The molecule has 0 unspecified atom stereocenters. The average Bonchev–Trinajstić information content (AvgIpc) is 2.27. The lowest BCUT2D eigenvalue weighted by Crippen LogP contribution is -2.38. The maximum Gasteiger partial charge on any atom is 0.230 e. The molecule has 0 aliphatic carbocycles. The van der Waals surface area contributed by atoms with E-state index >= 15 is 0 Å². The number of halogens is 2. The third-order valence-corrected chi connectivity index (χ3v) is 3.91. The van der Waals surface area contributed by atoms with E-state index in [9.17, 15) is 0 Å². The quantitative estimate of drug-likeness (QED) is 0.794. The standard InChI is InChI=1S/C12H18Cl2N4/c1-12(2,3)8-4-6-18(7-5-8)11-16-9(13)15-10(14)17-11/h8H,4-7H2,1-3H3. The Labute approximate surface area is 118 Å². The van der Waals surface area contributed by atoms with Gasteiger partial charge >= 0.3 is 0 Å². The Morgan fingerprint density at radius 3 is 1.94 bits per heavy atom. The minimum atomic E-state index is 0.156. The summed E-state index contributed by atoms with van der Waals surface area (Å²) in [7, 11) is 0. The highest BCUT2D eigenvalue weighted by molar-refractivity contribution is 6.31. The van der Waals surface area contributed by atoms with E-state index in [1.54, 1.807) is 0 Å². The van der Waals surface area contributed by atoms with Crippen molar-refractivity contribution in [2.24, 2.45) is 11.3 Å². The van der Waals surface area contributed by atoms with E-state index in [2.05, 4.69) is 40.6 Å². The van der Waals surface area contributed by atoms with E-state index in [0.717, 1.165) is 31.8 Å². The van der Waals surface area contributed by atoms with Crippen LogP contribution in [0.25, 0.3) is 0 Å². The fraction of sp³-hybridized carbons (Fsp3) is 0.750. The molecule has 2 rings (SSSR count). The van der Waals surface area contributed by atoms with Crippen LogP contribution in [0.4, 0.5) is 5.95 Å². The molecule has 1 aromatic rings. The average molecular weight is 289 g/mol. The highest BCUT2D eigenvalue weighted by Gasteiger charge is 2.29. The van der Waals surface area contributed by atoms with E-state index < -0.39 is 0 Å². The summed E-state index contributed by atoms with van der Waals surface area (Å²) < 4.78 is 0. The molecule has 0 saturated carbocycles. The van der Waals surface area contributed by atoms with Crippen LogP contribution in [0.3, 0.4) is 0 Å². The van der Waals surface area contributed by atoms with Crippen molar-refractivity contribution in [3.8, 4) is 0 Å². The van der Waals surface area contributed by atoms with E-state index in [0.29, 0.717) is 11.4 Å². The van der Waals surface area contributed by atoms with E-state index in [1.165, 1.54) is 0 Å². The SMILES string of the molecule is CC(C)(C)C1CCN(c2nc(Cl)nc(Cl)n2)CC1. The molecule has 1 aromatic heterocycles. The van der Waals surface area contributed by atoms with Gasteiger partial charge in [0.05, 0.1) is 0 Å². The Balaban J connectivity index is 2.05. The van der Waals surface area contributed by atoms with Crippen LogP contribution in [0.1, 0.15) is 33.6 Å². The predicted molar refractivity (Wildman–Crippen MR) is 74.2 cm³/mol. The summed E-state index contributed by atoms with van der Waals surface area (Å²) >= 11 is 11.6. The second-order valence-corrected chi connectivity index (χ2v) is 6.48. The van der Waals surface area contributed by atoms with Crippen molar-refractivity contribution in [1.82, 2.24) is 15.0 Å². The normalized spacial score (nSPS) is 18.2. The van der Waals surface area contributed by atoms with Crippen molar-refractivity contribution in [3.63, 3.8) is 0 Å². The molecule has 0 amide bonds. The molecule has 4 nitrogen and oxygen atoms in total. The molecule has 100 valence electrons. The first kappa shape index (κ1) is 13.8. The van der Waals surface area contributed by atoms with Gasteiger partial charge < -0.3 is 4.90 Å². The number of hydrogen-bond acceptors (Lipinski definition) is 4. The van der Waals surface area contributed by atoms with Crippen molar-refractivity contribution >= 4 is 29.2 Å². The first-order valence-corrected chi connectivity index (χ1v) is 6.94. The molecular weight excluding hydrogens is 271 g/mol. The third kappa shape index (κ3) is 3.23. The highest BCUT2D eigenvalue weighted by Crippen LogP contribution is 2.35. The summed E-state index contributed by atoms with van der Waals surface area (Å²) in [5.41, 5.74) is 0.362. The lowest BCUT2D eigenvalue weighted by Gasteiger charge is -2.38. The summed E-state index contributed by atoms with van der Waals surface area (Å²) in [6, 6.07) is 0. The van der Waals surface area contributed by atoms with E-state index in [-0.39, 0.29) is 10.6 Å². The second-order valence-electron chi connectivity index (χ2n) is 5.80. The van der Waals surface area contributed by atoms with Gasteiger partial charge in [-0.05, 0) is 47.4 Å². The van der Waals surface area contributed by atoms with Gasteiger partial charge in [0.15, 0.2) is 0 Å². The van der Waals surface area contributed by atoms with Crippen LogP contribution >= 0.6 is 23.2 Å². The van der Waals surface area contributed by atoms with Gasteiger partial charge in [-0.3, -0.25) is 0 Å². The van der Waals surface area contributed by atoms with Crippen LogP contribution in [0.2, 0.25) is 10.6 Å². The minimum absolute atomic E-state index is 0.156. The number of piperidine rings is 1. The number of anilines is 1. The van der Waals surface area contributed by atoms with Gasteiger partial charge in [-0.1, -0.05) is 20.8 Å². The molecular formula is C12H18Cl2N4. The molecule has 0 spiro atoms. The van der Waals surface area contributed by atoms with Crippen molar-refractivity contribution in [2.45, 2.75) is 33.6 Å². The van der Waals surface area contributed by atoms with Crippen LogP contribution in [-0.2, 0) is 0 Å².